The summed E-state index contributed by atoms with van der Waals surface area (Å²) in [6.45, 7) is 11.7. The molecule has 1 heteroatoms. The van der Waals surface area contributed by atoms with E-state index in [1.54, 1.807) is 0 Å². The number of hydrogen-bond acceptors (Lipinski definition) is 0. The molecule has 5 unspecified atom stereocenters. The zero-order valence-corrected chi connectivity index (χ0v) is 15.6. The van der Waals surface area contributed by atoms with Gasteiger partial charge in [-0.1, -0.05) is 13.8 Å². The van der Waals surface area contributed by atoms with Crippen LogP contribution in [-0.4, -0.2) is 16.0 Å². The fourth-order valence-corrected chi connectivity index (χ4v) is 5.53. The summed E-state index contributed by atoms with van der Waals surface area (Å²) in [6, 6.07) is 0. The van der Waals surface area contributed by atoms with Crippen LogP contribution in [0.25, 0.3) is 0 Å². The molecule has 2 aliphatic rings. The van der Waals surface area contributed by atoms with Gasteiger partial charge in [0, 0.05) is 0 Å². The summed E-state index contributed by atoms with van der Waals surface area (Å²) in [4.78, 5) is 0.852. The van der Waals surface area contributed by atoms with Crippen LogP contribution >= 0.6 is 0 Å². The van der Waals surface area contributed by atoms with Crippen LogP contribution in [0.4, 0.5) is 0 Å². The summed E-state index contributed by atoms with van der Waals surface area (Å²) < 4.78 is 0. The summed E-state index contributed by atoms with van der Waals surface area (Å²) in [7, 11) is 0. The molecule has 0 heterocycles. The Labute approximate surface area is 130 Å². The molecular weight excluding hydrogens is 295 g/mol. The van der Waals surface area contributed by atoms with Gasteiger partial charge in [-0.15, -0.1) is 0 Å². The predicted molar refractivity (Wildman–Crippen MR) is 87.7 cm³/mol. The van der Waals surface area contributed by atoms with E-state index in [9.17, 15) is 0 Å². The van der Waals surface area contributed by atoms with E-state index in [0.29, 0.717) is 5.41 Å². The van der Waals surface area contributed by atoms with Crippen molar-refractivity contribution in [3.05, 3.63) is 0 Å². The fraction of sp³-hybridized carbons (Fsp3) is 1.00. The first-order valence-corrected chi connectivity index (χ1v) is 9.70. The van der Waals surface area contributed by atoms with Crippen molar-refractivity contribution in [1.29, 1.82) is 0 Å². The van der Waals surface area contributed by atoms with Gasteiger partial charge in [-0.05, 0) is 0 Å². The molecule has 5 atom stereocenters. The third-order valence-corrected chi connectivity index (χ3v) is 7.39. The van der Waals surface area contributed by atoms with Crippen LogP contribution in [0.3, 0.4) is 0 Å². The standard InChI is InChI=1S/C16H29Se.C2H6/c1-12-8-6-7-11-16(12,3)13(2)14-9-4-5-10-15(14)17;1-2/h12-15H,4-11H2,1-3H3;1-2H3. The Bertz CT molecular complexity index is 250. The van der Waals surface area contributed by atoms with Crippen molar-refractivity contribution in [3.63, 3.8) is 0 Å². The van der Waals surface area contributed by atoms with E-state index in [1.807, 2.05) is 13.8 Å². The Balaban J connectivity index is 0.000000861. The van der Waals surface area contributed by atoms with Gasteiger partial charge >= 0.3 is 116 Å². The number of rotatable bonds is 2. The van der Waals surface area contributed by atoms with Crippen molar-refractivity contribution < 1.29 is 0 Å². The van der Waals surface area contributed by atoms with Gasteiger partial charge in [-0.25, -0.2) is 0 Å². The molecule has 19 heavy (non-hydrogen) atoms. The van der Waals surface area contributed by atoms with Crippen LogP contribution in [0.5, 0.6) is 0 Å². The van der Waals surface area contributed by atoms with Gasteiger partial charge in [-0.3, -0.25) is 0 Å². The van der Waals surface area contributed by atoms with E-state index in [-0.39, 0.29) is 0 Å². The maximum absolute atomic E-state index is 3.48. The molecule has 2 aliphatic carbocycles. The predicted octanol–water partition coefficient (Wildman–Crippen LogP) is 6.01. The third-order valence-electron chi connectivity index (χ3n) is 6.16. The minimum absolute atomic E-state index is 0.613. The quantitative estimate of drug-likeness (QED) is 0.544. The normalized spacial score (nSPS) is 41.1. The summed E-state index contributed by atoms with van der Waals surface area (Å²) in [5, 5.41) is 0. The van der Waals surface area contributed by atoms with Gasteiger partial charge in [0.15, 0.2) is 0 Å². The van der Waals surface area contributed by atoms with Crippen molar-refractivity contribution >= 4 is 16.0 Å². The van der Waals surface area contributed by atoms with Crippen LogP contribution < -0.4 is 0 Å². The molecule has 0 aromatic heterocycles. The van der Waals surface area contributed by atoms with E-state index >= 15 is 0 Å². The van der Waals surface area contributed by atoms with Gasteiger partial charge in [0.25, 0.3) is 0 Å². The van der Waals surface area contributed by atoms with Crippen molar-refractivity contribution in [1.82, 2.24) is 0 Å². The van der Waals surface area contributed by atoms with E-state index in [0.717, 1.165) is 22.6 Å². The summed E-state index contributed by atoms with van der Waals surface area (Å²) in [5.41, 5.74) is 0.613. The van der Waals surface area contributed by atoms with Crippen molar-refractivity contribution in [3.8, 4) is 0 Å². The molecular formula is C18H35Se. The molecule has 1 radical (unpaired) electrons. The Morgan fingerprint density at radius 3 is 2.16 bits per heavy atom. The van der Waals surface area contributed by atoms with Crippen molar-refractivity contribution in [2.45, 2.75) is 90.8 Å². The third kappa shape index (κ3) is 4.01. The topological polar surface area (TPSA) is 0 Å². The molecule has 0 aliphatic heterocycles. The molecule has 2 saturated carbocycles. The average molecular weight is 330 g/mol. The van der Waals surface area contributed by atoms with Crippen LogP contribution in [0.2, 0.25) is 4.82 Å². The molecule has 0 nitrogen and oxygen atoms in total. The second-order valence-electron chi connectivity index (χ2n) is 6.93. The van der Waals surface area contributed by atoms with E-state index in [4.69, 9.17) is 0 Å². The van der Waals surface area contributed by atoms with Gasteiger partial charge in [0.1, 0.15) is 0 Å². The Hall–Kier alpha value is 0.519. The molecule has 113 valence electrons. The Morgan fingerprint density at radius 1 is 1.00 bits per heavy atom. The van der Waals surface area contributed by atoms with Crippen LogP contribution in [0, 0.1) is 23.2 Å². The summed E-state index contributed by atoms with van der Waals surface area (Å²) in [6.07, 6.45) is 11.7. The Kier molecular flexibility index (Phi) is 7.47. The van der Waals surface area contributed by atoms with Crippen molar-refractivity contribution in [2.75, 3.05) is 0 Å². The van der Waals surface area contributed by atoms with Crippen LogP contribution in [0.15, 0.2) is 0 Å². The van der Waals surface area contributed by atoms with Crippen LogP contribution in [-0.2, 0) is 0 Å². The minimum atomic E-state index is 0.613. The van der Waals surface area contributed by atoms with Gasteiger partial charge in [-0.2, -0.15) is 0 Å². The molecule has 0 N–H and O–H groups in total. The number of hydrogen-bond donors (Lipinski definition) is 0. The van der Waals surface area contributed by atoms with E-state index < -0.39 is 0 Å². The molecule has 0 spiro atoms. The van der Waals surface area contributed by atoms with E-state index in [1.165, 1.54) is 51.4 Å². The average Bonchev–Trinajstić information content (AvgIpc) is 2.44. The summed E-state index contributed by atoms with van der Waals surface area (Å²) >= 11 is 3.48. The van der Waals surface area contributed by atoms with Gasteiger partial charge in [0.05, 0.1) is 0 Å². The molecule has 2 fully saturated rings. The monoisotopic (exact) mass is 331 g/mol. The second-order valence-corrected chi connectivity index (χ2v) is 8.20. The first-order valence-electron chi connectivity index (χ1n) is 8.71. The van der Waals surface area contributed by atoms with Gasteiger partial charge < -0.3 is 0 Å². The molecule has 0 aromatic rings. The van der Waals surface area contributed by atoms with E-state index in [2.05, 4.69) is 36.8 Å². The fourth-order valence-electron chi connectivity index (χ4n) is 4.40. The Morgan fingerprint density at radius 2 is 1.58 bits per heavy atom. The molecule has 0 amide bonds. The van der Waals surface area contributed by atoms with Crippen molar-refractivity contribution in [2.24, 2.45) is 23.2 Å². The zero-order chi connectivity index (χ0) is 14.5. The maximum atomic E-state index is 3.48. The SMILES string of the molecule is CC.CC1CCCCC1(C)C(C)C1CCCCC1[Se]. The first kappa shape index (κ1) is 17.6. The van der Waals surface area contributed by atoms with Gasteiger partial charge in [0.2, 0.25) is 0 Å². The first-order chi connectivity index (χ1) is 9.05. The molecule has 0 aromatic carbocycles. The molecule has 2 rings (SSSR count). The zero-order valence-electron chi connectivity index (χ0n) is 13.9. The molecule has 0 saturated heterocycles. The van der Waals surface area contributed by atoms with Crippen LogP contribution in [0.1, 0.15) is 86.0 Å². The molecule has 0 bridgehead atoms. The second kappa shape index (κ2) is 8.08. The summed E-state index contributed by atoms with van der Waals surface area (Å²) in [5.74, 6) is 2.79.